The van der Waals surface area contributed by atoms with Crippen LogP contribution in [0.1, 0.15) is 45.4 Å². The number of methoxy groups -OCH3 is 1. The molecule has 1 saturated carbocycles. The Bertz CT molecular complexity index is 482. The Morgan fingerprint density at radius 2 is 2.05 bits per heavy atom. The van der Waals surface area contributed by atoms with Crippen molar-refractivity contribution in [3.63, 3.8) is 0 Å². The van der Waals surface area contributed by atoms with Crippen LogP contribution in [-0.2, 0) is 4.79 Å². The fraction of sp³-hybridized carbons (Fsp3) is 0.588. The molecule has 1 aromatic carbocycles. The predicted octanol–water partition coefficient (Wildman–Crippen LogP) is 4.89. The average Bonchev–Trinajstić information content (AvgIpc) is 2.48. The van der Waals surface area contributed by atoms with Crippen molar-refractivity contribution < 1.29 is 9.53 Å². The number of amides is 1. The van der Waals surface area contributed by atoms with Gasteiger partial charge in [-0.1, -0.05) is 31.4 Å². The van der Waals surface area contributed by atoms with Crippen LogP contribution in [-0.4, -0.2) is 13.0 Å². The van der Waals surface area contributed by atoms with E-state index in [1.54, 1.807) is 19.2 Å². The third-order valence-corrected chi connectivity index (χ3v) is 4.63. The molecule has 0 unspecified atom stereocenters. The van der Waals surface area contributed by atoms with Gasteiger partial charge in [-0.25, -0.2) is 0 Å². The number of rotatable bonds is 5. The Morgan fingerprint density at radius 1 is 1.33 bits per heavy atom. The third kappa shape index (κ3) is 4.37. The maximum absolute atomic E-state index is 12.3. The zero-order valence-electron chi connectivity index (χ0n) is 12.8. The molecule has 0 spiro atoms. The van der Waals surface area contributed by atoms with Gasteiger partial charge in [-0.05, 0) is 49.8 Å². The minimum atomic E-state index is 0.117. The lowest BCUT2D eigenvalue weighted by molar-refractivity contribution is -0.121. The van der Waals surface area contributed by atoms with Crippen molar-refractivity contribution >= 4 is 23.2 Å². The average molecular weight is 310 g/mol. The summed E-state index contributed by atoms with van der Waals surface area (Å²) in [5.41, 5.74) is 0.737. The molecule has 0 saturated heterocycles. The molecule has 21 heavy (non-hydrogen) atoms. The number of hydrogen-bond acceptors (Lipinski definition) is 2. The van der Waals surface area contributed by atoms with Crippen molar-refractivity contribution in [1.29, 1.82) is 0 Å². The van der Waals surface area contributed by atoms with Crippen LogP contribution in [0.25, 0.3) is 0 Å². The van der Waals surface area contributed by atoms with Crippen molar-refractivity contribution in [3.05, 3.63) is 23.2 Å². The van der Waals surface area contributed by atoms with Crippen LogP contribution >= 0.6 is 11.6 Å². The van der Waals surface area contributed by atoms with E-state index in [9.17, 15) is 4.79 Å². The summed E-state index contributed by atoms with van der Waals surface area (Å²) in [5.74, 6) is 1.69. The van der Waals surface area contributed by atoms with E-state index >= 15 is 0 Å². The van der Waals surface area contributed by atoms with Crippen LogP contribution in [0.4, 0.5) is 5.69 Å². The smallest absolute Gasteiger partial charge is 0.227 e. The van der Waals surface area contributed by atoms with Gasteiger partial charge in [-0.3, -0.25) is 4.79 Å². The molecule has 0 heterocycles. The van der Waals surface area contributed by atoms with Gasteiger partial charge in [0.25, 0.3) is 0 Å². The second-order valence-electron chi connectivity index (χ2n) is 5.84. The van der Waals surface area contributed by atoms with Crippen LogP contribution in [0.15, 0.2) is 18.2 Å². The molecule has 0 aliphatic heterocycles. The molecule has 1 aliphatic carbocycles. The van der Waals surface area contributed by atoms with Gasteiger partial charge in [0, 0.05) is 11.6 Å². The highest BCUT2D eigenvalue weighted by Crippen LogP contribution is 2.33. The molecule has 0 radical (unpaired) electrons. The molecule has 1 fully saturated rings. The molecule has 3 nitrogen and oxygen atoms in total. The summed E-state index contributed by atoms with van der Waals surface area (Å²) in [5, 5.41) is 3.49. The van der Waals surface area contributed by atoms with Crippen LogP contribution in [0.5, 0.6) is 5.75 Å². The molecule has 1 N–H and O–H groups in total. The number of carbonyl (C=O) groups is 1. The Labute approximate surface area is 132 Å². The lowest BCUT2D eigenvalue weighted by atomic mass is 9.80. The molecule has 116 valence electrons. The van der Waals surface area contributed by atoms with Gasteiger partial charge in [-0.15, -0.1) is 0 Å². The van der Waals surface area contributed by atoms with Crippen molar-refractivity contribution in [1.82, 2.24) is 0 Å². The number of nitrogens with one attached hydrogen (secondary N) is 1. The number of benzene rings is 1. The number of carbonyl (C=O) groups excluding carboxylic acids is 1. The highest BCUT2D eigenvalue weighted by atomic mass is 35.5. The van der Waals surface area contributed by atoms with Gasteiger partial charge in [0.2, 0.25) is 5.91 Å². The third-order valence-electron chi connectivity index (χ3n) is 4.33. The van der Waals surface area contributed by atoms with E-state index in [0.29, 0.717) is 10.8 Å². The SMILES string of the molecule is CCCC1CCC(C(=O)Nc2ccc(OC)c(Cl)c2)CC1. The second kappa shape index (κ2) is 7.69. The monoisotopic (exact) mass is 309 g/mol. The van der Waals surface area contributed by atoms with E-state index in [1.807, 2.05) is 6.07 Å². The predicted molar refractivity (Wildman–Crippen MR) is 87.0 cm³/mol. The maximum atomic E-state index is 12.3. The van der Waals surface area contributed by atoms with Crippen molar-refractivity contribution in [2.75, 3.05) is 12.4 Å². The van der Waals surface area contributed by atoms with E-state index < -0.39 is 0 Å². The van der Waals surface area contributed by atoms with Crippen LogP contribution in [0.3, 0.4) is 0 Å². The molecule has 0 atom stereocenters. The van der Waals surface area contributed by atoms with E-state index in [2.05, 4.69) is 12.2 Å². The Kier molecular flexibility index (Phi) is 5.92. The molecule has 0 aromatic heterocycles. The summed E-state index contributed by atoms with van der Waals surface area (Å²) in [6.45, 7) is 2.23. The second-order valence-corrected chi connectivity index (χ2v) is 6.25. The van der Waals surface area contributed by atoms with Gasteiger partial charge >= 0.3 is 0 Å². The molecular weight excluding hydrogens is 286 g/mol. The maximum Gasteiger partial charge on any atom is 0.227 e. The summed E-state index contributed by atoms with van der Waals surface area (Å²) in [4.78, 5) is 12.3. The van der Waals surface area contributed by atoms with Crippen molar-refractivity contribution in [2.45, 2.75) is 45.4 Å². The summed E-state index contributed by atoms with van der Waals surface area (Å²) < 4.78 is 5.11. The highest BCUT2D eigenvalue weighted by molar-refractivity contribution is 6.32. The van der Waals surface area contributed by atoms with Crippen LogP contribution in [0.2, 0.25) is 5.02 Å². The molecule has 0 bridgehead atoms. The van der Waals surface area contributed by atoms with Gasteiger partial charge in [-0.2, -0.15) is 0 Å². The normalized spacial score (nSPS) is 21.9. The first-order valence-corrected chi connectivity index (χ1v) is 8.16. The Balaban J connectivity index is 1.89. The summed E-state index contributed by atoms with van der Waals surface area (Å²) in [7, 11) is 1.58. The Morgan fingerprint density at radius 3 is 2.62 bits per heavy atom. The van der Waals surface area contributed by atoms with Crippen molar-refractivity contribution in [2.24, 2.45) is 11.8 Å². The Hall–Kier alpha value is -1.22. The topological polar surface area (TPSA) is 38.3 Å². The van der Waals surface area contributed by atoms with E-state index in [-0.39, 0.29) is 11.8 Å². The zero-order valence-corrected chi connectivity index (χ0v) is 13.6. The number of anilines is 1. The summed E-state index contributed by atoms with van der Waals surface area (Å²) >= 11 is 6.08. The summed E-state index contributed by atoms with van der Waals surface area (Å²) in [6, 6.07) is 5.34. The van der Waals surface area contributed by atoms with Gasteiger partial charge < -0.3 is 10.1 Å². The van der Waals surface area contributed by atoms with E-state index in [0.717, 1.165) is 24.4 Å². The van der Waals surface area contributed by atoms with Gasteiger partial charge in [0.1, 0.15) is 5.75 Å². The zero-order chi connectivity index (χ0) is 15.2. The van der Waals surface area contributed by atoms with Crippen LogP contribution < -0.4 is 10.1 Å². The highest BCUT2D eigenvalue weighted by Gasteiger charge is 2.25. The first kappa shape index (κ1) is 16.2. The first-order chi connectivity index (χ1) is 10.1. The quantitative estimate of drug-likeness (QED) is 0.840. The number of hydrogen-bond donors (Lipinski definition) is 1. The van der Waals surface area contributed by atoms with E-state index in [4.69, 9.17) is 16.3 Å². The largest absolute Gasteiger partial charge is 0.495 e. The lowest BCUT2D eigenvalue weighted by Gasteiger charge is -2.27. The molecule has 1 amide bonds. The molecular formula is C17H24ClNO2. The molecule has 1 aromatic rings. The fourth-order valence-corrected chi connectivity index (χ4v) is 3.37. The number of ether oxygens (including phenoxy) is 1. The number of halogens is 1. The van der Waals surface area contributed by atoms with Crippen molar-refractivity contribution in [3.8, 4) is 5.75 Å². The lowest BCUT2D eigenvalue weighted by Crippen LogP contribution is -2.27. The first-order valence-electron chi connectivity index (χ1n) is 7.78. The molecule has 2 rings (SSSR count). The fourth-order valence-electron chi connectivity index (χ4n) is 3.11. The molecule has 1 aliphatic rings. The molecule has 4 heteroatoms. The van der Waals surface area contributed by atoms with Gasteiger partial charge in [0.05, 0.1) is 12.1 Å². The standard InChI is InChI=1S/C17H24ClNO2/c1-3-4-12-5-7-13(8-6-12)17(20)19-14-9-10-16(21-2)15(18)11-14/h9-13H,3-8H2,1-2H3,(H,19,20). The van der Waals surface area contributed by atoms with E-state index in [1.165, 1.54) is 25.7 Å². The minimum absolute atomic E-state index is 0.117. The minimum Gasteiger partial charge on any atom is -0.495 e. The van der Waals surface area contributed by atoms with Crippen LogP contribution in [0, 0.1) is 11.8 Å². The van der Waals surface area contributed by atoms with Gasteiger partial charge in [0.15, 0.2) is 0 Å². The summed E-state index contributed by atoms with van der Waals surface area (Å²) in [6.07, 6.45) is 6.89.